The molecule has 0 aliphatic heterocycles. The molecule has 0 aromatic heterocycles. The summed E-state index contributed by atoms with van der Waals surface area (Å²) < 4.78 is 17.7. The average molecular weight is 252 g/mol. The van der Waals surface area contributed by atoms with Crippen LogP contribution >= 0.6 is 0 Å². The van der Waals surface area contributed by atoms with Gasteiger partial charge >= 0.3 is 0 Å². The first-order chi connectivity index (χ1) is 8.76. The molecule has 1 unspecified atom stereocenters. The van der Waals surface area contributed by atoms with E-state index in [2.05, 4.69) is 0 Å². The van der Waals surface area contributed by atoms with Gasteiger partial charge in [-0.1, -0.05) is 31.2 Å². The minimum absolute atomic E-state index is 0.0155. The van der Waals surface area contributed by atoms with Crippen LogP contribution in [0, 0.1) is 5.92 Å². The molecule has 0 N–H and O–H groups in total. The number of hydrogen-bond acceptors (Lipinski definition) is 2. The summed E-state index contributed by atoms with van der Waals surface area (Å²) in [6, 6.07) is 7.61. The zero-order valence-corrected chi connectivity index (χ0v) is 10.9. The van der Waals surface area contributed by atoms with Crippen LogP contribution in [0.15, 0.2) is 24.3 Å². The number of aldehydes is 1. The van der Waals surface area contributed by atoms with Crippen molar-refractivity contribution in [2.45, 2.75) is 32.9 Å². The van der Waals surface area contributed by atoms with E-state index in [9.17, 15) is 9.18 Å². The van der Waals surface area contributed by atoms with Crippen molar-refractivity contribution in [2.75, 3.05) is 13.2 Å². The largest absolute Gasteiger partial charge is 0.381 e. The van der Waals surface area contributed by atoms with Crippen molar-refractivity contribution < 1.29 is 13.9 Å². The molecule has 0 amide bonds. The molecule has 0 aliphatic carbocycles. The van der Waals surface area contributed by atoms with Gasteiger partial charge in [-0.25, -0.2) is 4.39 Å². The van der Waals surface area contributed by atoms with Gasteiger partial charge in [0.15, 0.2) is 0 Å². The van der Waals surface area contributed by atoms with E-state index >= 15 is 0 Å². The van der Waals surface area contributed by atoms with Crippen molar-refractivity contribution in [1.82, 2.24) is 0 Å². The molecular weight excluding hydrogens is 231 g/mol. The van der Waals surface area contributed by atoms with E-state index < -0.39 is 6.67 Å². The van der Waals surface area contributed by atoms with Crippen LogP contribution in [-0.2, 0) is 22.6 Å². The topological polar surface area (TPSA) is 26.3 Å². The van der Waals surface area contributed by atoms with E-state index in [1.807, 2.05) is 31.2 Å². The number of ether oxygens (including phenoxy) is 1. The van der Waals surface area contributed by atoms with Crippen molar-refractivity contribution in [3.05, 3.63) is 35.4 Å². The monoisotopic (exact) mass is 252 g/mol. The van der Waals surface area contributed by atoms with Gasteiger partial charge in [0.25, 0.3) is 0 Å². The lowest BCUT2D eigenvalue weighted by Crippen LogP contribution is -2.07. The molecule has 1 atom stereocenters. The first-order valence-electron chi connectivity index (χ1n) is 6.43. The zero-order chi connectivity index (χ0) is 13.2. The standard InChI is InChI=1S/C15H21FO2/c1-13(11-17)12-18-9-3-2-4-14-5-7-15(10-16)8-6-14/h5-8,11,13H,2-4,9-10,12H2,1H3. The predicted molar refractivity (Wildman–Crippen MR) is 70.2 cm³/mol. The van der Waals surface area contributed by atoms with E-state index in [-0.39, 0.29) is 5.92 Å². The molecule has 100 valence electrons. The van der Waals surface area contributed by atoms with Gasteiger partial charge in [0, 0.05) is 12.5 Å². The fraction of sp³-hybridized carbons (Fsp3) is 0.533. The zero-order valence-electron chi connectivity index (χ0n) is 10.9. The van der Waals surface area contributed by atoms with Gasteiger partial charge in [-0.3, -0.25) is 0 Å². The van der Waals surface area contributed by atoms with E-state index in [1.54, 1.807) is 0 Å². The van der Waals surface area contributed by atoms with Crippen LogP contribution in [0.4, 0.5) is 4.39 Å². The maximum Gasteiger partial charge on any atom is 0.125 e. The van der Waals surface area contributed by atoms with Gasteiger partial charge in [-0.15, -0.1) is 0 Å². The Morgan fingerprint density at radius 2 is 1.89 bits per heavy atom. The van der Waals surface area contributed by atoms with Crippen LogP contribution in [0.3, 0.4) is 0 Å². The normalized spacial score (nSPS) is 12.3. The Kier molecular flexibility index (Phi) is 7.26. The number of carbonyl (C=O) groups is 1. The molecule has 18 heavy (non-hydrogen) atoms. The number of unbranched alkanes of at least 4 members (excludes halogenated alkanes) is 1. The molecule has 1 rings (SSSR count). The summed E-state index contributed by atoms with van der Waals surface area (Å²) in [5.41, 5.74) is 1.96. The number of carbonyl (C=O) groups excluding carboxylic acids is 1. The van der Waals surface area contributed by atoms with Gasteiger partial charge in [0.1, 0.15) is 13.0 Å². The molecule has 1 aromatic carbocycles. The Labute approximate surface area is 108 Å². The first-order valence-corrected chi connectivity index (χ1v) is 6.43. The van der Waals surface area contributed by atoms with Gasteiger partial charge in [-0.05, 0) is 30.4 Å². The van der Waals surface area contributed by atoms with Gasteiger partial charge in [0.2, 0.25) is 0 Å². The lowest BCUT2D eigenvalue weighted by Gasteiger charge is -2.06. The molecule has 1 aromatic rings. The number of alkyl halides is 1. The summed E-state index contributed by atoms with van der Waals surface area (Å²) in [7, 11) is 0. The number of benzene rings is 1. The highest BCUT2D eigenvalue weighted by Gasteiger charge is 1.99. The Balaban J connectivity index is 2.08. The molecule has 0 fully saturated rings. The second-order valence-electron chi connectivity index (χ2n) is 4.60. The molecule has 0 spiro atoms. The summed E-state index contributed by atoms with van der Waals surface area (Å²) in [5, 5.41) is 0. The van der Waals surface area contributed by atoms with Crippen molar-refractivity contribution in [2.24, 2.45) is 5.92 Å². The van der Waals surface area contributed by atoms with Crippen molar-refractivity contribution in [1.29, 1.82) is 0 Å². The molecule has 0 radical (unpaired) electrons. The lowest BCUT2D eigenvalue weighted by molar-refractivity contribution is -0.112. The highest BCUT2D eigenvalue weighted by Crippen LogP contribution is 2.09. The average Bonchev–Trinajstić information content (AvgIpc) is 2.43. The molecular formula is C15H21FO2. The molecule has 0 saturated carbocycles. The predicted octanol–water partition coefficient (Wildman–Crippen LogP) is 3.33. The second-order valence-corrected chi connectivity index (χ2v) is 4.60. The summed E-state index contributed by atoms with van der Waals surface area (Å²) in [4.78, 5) is 10.4. The minimum Gasteiger partial charge on any atom is -0.381 e. The Morgan fingerprint density at radius 1 is 1.22 bits per heavy atom. The number of hydrogen-bond donors (Lipinski definition) is 0. The van der Waals surface area contributed by atoms with Crippen LogP contribution in [0.5, 0.6) is 0 Å². The third kappa shape index (κ3) is 5.92. The third-order valence-corrected chi connectivity index (χ3v) is 2.79. The lowest BCUT2D eigenvalue weighted by atomic mass is 10.1. The number of rotatable bonds is 9. The molecule has 0 bridgehead atoms. The molecule has 0 heterocycles. The smallest absolute Gasteiger partial charge is 0.125 e. The van der Waals surface area contributed by atoms with Crippen molar-refractivity contribution in [3.8, 4) is 0 Å². The molecule has 2 nitrogen and oxygen atoms in total. The molecule has 0 saturated heterocycles. The fourth-order valence-electron chi connectivity index (χ4n) is 1.64. The Bertz CT molecular complexity index is 335. The van der Waals surface area contributed by atoms with Gasteiger partial charge < -0.3 is 9.53 Å². The first kappa shape index (κ1) is 14.8. The van der Waals surface area contributed by atoms with Crippen molar-refractivity contribution >= 4 is 6.29 Å². The van der Waals surface area contributed by atoms with Crippen LogP contribution in [-0.4, -0.2) is 19.5 Å². The van der Waals surface area contributed by atoms with Gasteiger partial charge in [0.05, 0.1) is 6.61 Å². The minimum atomic E-state index is -0.400. The maximum atomic E-state index is 12.3. The Hall–Kier alpha value is -1.22. The maximum absolute atomic E-state index is 12.3. The van der Waals surface area contributed by atoms with Crippen molar-refractivity contribution in [3.63, 3.8) is 0 Å². The van der Waals surface area contributed by atoms with E-state index in [4.69, 9.17) is 4.74 Å². The van der Waals surface area contributed by atoms with E-state index in [1.165, 1.54) is 5.56 Å². The van der Waals surface area contributed by atoms with Gasteiger partial charge in [-0.2, -0.15) is 0 Å². The third-order valence-electron chi connectivity index (χ3n) is 2.79. The summed E-state index contributed by atoms with van der Waals surface area (Å²) in [6.07, 6.45) is 3.92. The van der Waals surface area contributed by atoms with Crippen LogP contribution in [0.2, 0.25) is 0 Å². The quantitative estimate of drug-likeness (QED) is 0.498. The second kappa shape index (κ2) is 8.81. The molecule has 0 aliphatic rings. The summed E-state index contributed by atoms with van der Waals surface area (Å²) in [6.45, 7) is 2.65. The summed E-state index contributed by atoms with van der Waals surface area (Å²) >= 11 is 0. The summed E-state index contributed by atoms with van der Waals surface area (Å²) in [5.74, 6) is -0.0155. The van der Waals surface area contributed by atoms with Crippen LogP contribution < -0.4 is 0 Å². The van der Waals surface area contributed by atoms with E-state index in [0.717, 1.165) is 31.1 Å². The fourth-order valence-corrected chi connectivity index (χ4v) is 1.64. The highest BCUT2D eigenvalue weighted by atomic mass is 19.1. The van der Waals surface area contributed by atoms with Crippen LogP contribution in [0.25, 0.3) is 0 Å². The number of aryl methyl sites for hydroxylation is 1. The number of halogens is 1. The van der Waals surface area contributed by atoms with E-state index in [0.29, 0.717) is 13.2 Å². The molecule has 3 heteroatoms. The Morgan fingerprint density at radius 3 is 2.50 bits per heavy atom. The highest BCUT2D eigenvalue weighted by molar-refractivity contribution is 5.52. The SMILES string of the molecule is CC(C=O)COCCCCc1ccc(CF)cc1. The van der Waals surface area contributed by atoms with Crippen LogP contribution in [0.1, 0.15) is 30.9 Å².